The predicted octanol–water partition coefficient (Wildman–Crippen LogP) is 4.32. The molecule has 0 unspecified atom stereocenters. The first-order valence-electron chi connectivity index (χ1n) is 26.8. The first-order valence-corrected chi connectivity index (χ1v) is 26.8. The Morgan fingerprint density at radius 2 is 1.68 bits per heavy atom. The molecule has 0 spiro atoms. The number of rotatable bonds is 21. The van der Waals surface area contributed by atoms with Crippen molar-refractivity contribution < 1.29 is 42.6 Å². The lowest BCUT2D eigenvalue weighted by Gasteiger charge is -2.36. The van der Waals surface area contributed by atoms with Crippen LogP contribution < -0.4 is 37.2 Å². The molecule has 77 heavy (non-hydrogen) atoms. The van der Waals surface area contributed by atoms with Gasteiger partial charge in [0.05, 0.1) is 69.0 Å². The highest BCUT2D eigenvalue weighted by molar-refractivity contribution is 5.96. The van der Waals surface area contributed by atoms with Crippen LogP contribution in [0.5, 0.6) is 0 Å². The van der Waals surface area contributed by atoms with Crippen molar-refractivity contribution in [1.29, 1.82) is 0 Å². The van der Waals surface area contributed by atoms with Gasteiger partial charge in [-0.1, -0.05) is 58.0 Å². The summed E-state index contributed by atoms with van der Waals surface area (Å²) in [6, 6.07) is 12.4. The Bertz CT molecular complexity index is 2750. The monoisotopic (exact) mass is 1060 g/mol. The quantitative estimate of drug-likeness (QED) is 0.0638. The molecule has 2 aromatic carbocycles. The number of carbonyl (C=O) groups is 6. The summed E-state index contributed by atoms with van der Waals surface area (Å²) in [5.74, 6) is -1.94. The van der Waals surface area contributed by atoms with E-state index in [1.807, 2.05) is 75.7 Å². The maximum Gasteiger partial charge on any atom is 0.254 e. The van der Waals surface area contributed by atoms with Crippen LogP contribution in [0.3, 0.4) is 0 Å². The maximum atomic E-state index is 14.7. The van der Waals surface area contributed by atoms with Gasteiger partial charge in [-0.05, 0) is 87.4 Å². The molecule has 0 radical (unpaired) electrons. The number of likely N-dealkylation sites (tertiary alicyclic amines) is 1. The number of anilines is 2. The zero-order valence-electron chi connectivity index (χ0n) is 45.7. The number of benzene rings is 2. The number of carbonyl (C=O) groups excluding carboxylic acids is 6. The van der Waals surface area contributed by atoms with Crippen molar-refractivity contribution in [1.82, 2.24) is 51.1 Å². The van der Waals surface area contributed by atoms with Gasteiger partial charge in [-0.3, -0.25) is 33.4 Å². The molecule has 416 valence electrons. The average molecular weight is 1070 g/mol. The lowest BCUT2D eigenvalue weighted by molar-refractivity contribution is -0.144. The van der Waals surface area contributed by atoms with Crippen LogP contribution in [0.1, 0.15) is 118 Å². The molecular weight excluding hydrogens is 988 g/mol. The topological polar surface area (TPSA) is 247 Å². The van der Waals surface area contributed by atoms with Crippen LogP contribution in [-0.4, -0.2) is 144 Å². The van der Waals surface area contributed by atoms with Crippen molar-refractivity contribution in [3.63, 3.8) is 0 Å². The minimum absolute atomic E-state index is 0.0273. The summed E-state index contributed by atoms with van der Waals surface area (Å²) < 4.78 is 27.9. The predicted molar refractivity (Wildman–Crippen MR) is 290 cm³/mol. The molecule has 2 saturated heterocycles. The molecule has 3 aliphatic rings. The molecule has 4 aromatic rings. The lowest BCUT2D eigenvalue weighted by atomic mass is 9.85. The van der Waals surface area contributed by atoms with Crippen LogP contribution in [-0.2, 0) is 46.5 Å². The second-order valence-corrected chi connectivity index (χ2v) is 21.3. The van der Waals surface area contributed by atoms with Crippen molar-refractivity contribution >= 4 is 46.9 Å². The average Bonchev–Trinajstić information content (AvgIpc) is 4.14. The number of amides is 6. The van der Waals surface area contributed by atoms with Gasteiger partial charge in [-0.2, -0.15) is 5.10 Å². The van der Waals surface area contributed by atoms with Crippen molar-refractivity contribution in [2.75, 3.05) is 70.8 Å². The van der Waals surface area contributed by atoms with Gasteiger partial charge in [0.25, 0.3) is 5.91 Å². The molecule has 21 heteroatoms. The highest BCUT2D eigenvalue weighted by Gasteiger charge is 2.46. The number of nitrogens with two attached hydrogens (primary N) is 1. The Hall–Kier alpha value is -6.97. The number of ether oxygens (including phenoxy) is 2. The van der Waals surface area contributed by atoms with E-state index in [4.69, 9.17) is 20.3 Å². The van der Waals surface area contributed by atoms with E-state index in [0.717, 1.165) is 35.2 Å². The summed E-state index contributed by atoms with van der Waals surface area (Å²) in [7, 11) is 3.37. The second kappa shape index (κ2) is 25.9. The van der Waals surface area contributed by atoms with Gasteiger partial charge in [0, 0.05) is 74.1 Å². The smallest absolute Gasteiger partial charge is 0.254 e. The van der Waals surface area contributed by atoms with Gasteiger partial charge in [0.1, 0.15) is 23.7 Å². The third-order valence-electron chi connectivity index (χ3n) is 14.7. The molecule has 0 aliphatic carbocycles. The van der Waals surface area contributed by atoms with Gasteiger partial charge >= 0.3 is 0 Å². The molecule has 6 amide bonds. The van der Waals surface area contributed by atoms with Crippen LogP contribution in [0.15, 0.2) is 60.8 Å². The van der Waals surface area contributed by atoms with Crippen LogP contribution in [0.25, 0.3) is 11.1 Å². The molecular formula is C56H77FN12O8. The first kappa shape index (κ1) is 57.7. The summed E-state index contributed by atoms with van der Waals surface area (Å²) in [4.78, 5) is 91.3. The largest absolute Gasteiger partial charge is 0.382 e. The molecule has 2 bridgehead atoms. The molecule has 6 atom stereocenters. The zero-order chi connectivity index (χ0) is 55.6. The number of hydrogen-bond donors (Lipinski definition) is 6. The van der Waals surface area contributed by atoms with E-state index in [0.29, 0.717) is 47.8 Å². The number of likely N-dealkylation sites (N-methyl/N-ethyl adjacent to an activating group) is 1. The Kier molecular flexibility index (Phi) is 19.4. The summed E-state index contributed by atoms with van der Waals surface area (Å²) >= 11 is 0. The molecule has 7 rings (SSSR count). The second-order valence-electron chi connectivity index (χ2n) is 21.3. The zero-order valence-corrected chi connectivity index (χ0v) is 45.7. The van der Waals surface area contributed by atoms with E-state index in [-0.39, 0.29) is 107 Å². The minimum Gasteiger partial charge on any atom is -0.382 e. The standard InChI is InChI=1S/C56H77FN12O8/c1-9-42(36-14-11-10-12-15-36)63-53(73)46-30-39(32-68(46)55(75)50(56(4,5)6)64-52(72)34(2)59-7)62-48(71)20-25-77-27-26-76-24-19-47(70)60-21-23-69-35(3)49-37-28-45(51(58)61-31-37)67-22-13-16-44(67)41-29-38(57)17-18-40(41)54(74)66(8)33-43(49)65-69/h10-12,14-15,17-18,28-29,31,34,39,42,44,46,50,59H,9,13,16,19-27,30,32-33H2,1-8H3,(H2,58,61)(H,60,70)(H,62,71)(H,63,73)(H,64,72)/t34-,39-,42+,44-,46-,50+/m1/s1. The Balaban J connectivity index is 0.865. The fourth-order valence-corrected chi connectivity index (χ4v) is 10.4. The third kappa shape index (κ3) is 14.2. The fraction of sp³-hybridized carbons (Fsp3) is 0.536. The van der Waals surface area contributed by atoms with E-state index < -0.39 is 41.3 Å². The number of fused-ring (bicyclic) bond motifs is 8. The van der Waals surface area contributed by atoms with Gasteiger partial charge in [0.2, 0.25) is 29.5 Å². The van der Waals surface area contributed by atoms with Crippen molar-refractivity contribution in [2.45, 2.75) is 129 Å². The summed E-state index contributed by atoms with van der Waals surface area (Å²) in [6.07, 6.45) is 4.21. The number of pyridine rings is 1. The number of nitrogen functional groups attached to an aromatic ring is 1. The third-order valence-corrected chi connectivity index (χ3v) is 14.7. The van der Waals surface area contributed by atoms with Gasteiger partial charge in [-0.25, -0.2) is 9.37 Å². The number of hydrogen-bond acceptors (Lipinski definition) is 13. The first-order chi connectivity index (χ1) is 36.8. The number of nitrogens with one attached hydrogen (secondary N) is 5. The van der Waals surface area contributed by atoms with Crippen molar-refractivity contribution in [2.24, 2.45) is 5.41 Å². The molecule has 5 heterocycles. The van der Waals surface area contributed by atoms with Crippen LogP contribution in [0, 0.1) is 18.2 Å². The summed E-state index contributed by atoms with van der Waals surface area (Å²) in [5, 5.41) is 19.8. The van der Waals surface area contributed by atoms with Gasteiger partial charge in [-0.15, -0.1) is 0 Å². The molecule has 0 saturated carbocycles. The molecule has 7 N–H and O–H groups in total. The molecule has 3 aliphatic heterocycles. The van der Waals surface area contributed by atoms with Gasteiger partial charge < -0.3 is 56.5 Å². The summed E-state index contributed by atoms with van der Waals surface area (Å²) in [5.41, 5.74) is 11.5. The lowest BCUT2D eigenvalue weighted by Crippen LogP contribution is -2.59. The molecule has 2 aromatic heterocycles. The minimum atomic E-state index is -0.942. The number of nitrogens with zero attached hydrogens (tertiary/aromatic N) is 6. The van der Waals surface area contributed by atoms with E-state index in [1.165, 1.54) is 17.0 Å². The van der Waals surface area contributed by atoms with E-state index >= 15 is 0 Å². The van der Waals surface area contributed by atoms with Crippen molar-refractivity contribution in [3.05, 3.63) is 94.7 Å². The highest BCUT2D eigenvalue weighted by atomic mass is 19.1. The molecule has 20 nitrogen and oxygen atoms in total. The fourth-order valence-electron chi connectivity index (χ4n) is 10.4. The Labute approximate surface area is 450 Å². The molecule has 2 fully saturated rings. The van der Waals surface area contributed by atoms with Crippen LogP contribution >= 0.6 is 0 Å². The number of halogens is 1. The SMILES string of the molecule is CC[C@H](NC(=O)[C@H]1C[C@@H](NC(=O)CCOCCOCCC(=O)NCCn2nc3c(c2C)-c2cnc(N)c(c2)N2CCC[C@@H]2c2cc(F)ccc2C(=O)N(C)C3)CN1C(=O)[C@H](NC(=O)[C@@H](C)NC)C(C)(C)C)c1ccccc1. The normalized spacial score (nSPS) is 18.5. The van der Waals surface area contributed by atoms with E-state index in [1.54, 1.807) is 38.2 Å². The Morgan fingerprint density at radius 1 is 0.961 bits per heavy atom. The number of aromatic nitrogens is 3. The van der Waals surface area contributed by atoms with E-state index in [9.17, 15) is 33.2 Å². The van der Waals surface area contributed by atoms with Crippen LogP contribution in [0.4, 0.5) is 15.9 Å². The van der Waals surface area contributed by atoms with Crippen LogP contribution in [0.2, 0.25) is 0 Å². The van der Waals surface area contributed by atoms with E-state index in [2.05, 4.69) is 36.5 Å². The summed E-state index contributed by atoms with van der Waals surface area (Å²) in [6.45, 7) is 13.3. The van der Waals surface area contributed by atoms with Gasteiger partial charge in [0.15, 0.2) is 0 Å². The highest BCUT2D eigenvalue weighted by Crippen LogP contribution is 2.42. The maximum absolute atomic E-state index is 14.7. The van der Waals surface area contributed by atoms with Crippen molar-refractivity contribution in [3.8, 4) is 11.1 Å². The Morgan fingerprint density at radius 3 is 2.36 bits per heavy atom.